The number of nitrogens with zero attached hydrogens (tertiary/aromatic N) is 2. The lowest BCUT2D eigenvalue weighted by Gasteiger charge is -2.29. The largest absolute Gasteiger partial charge is 0.494 e. The van der Waals surface area contributed by atoms with E-state index >= 15 is 0 Å². The average molecular weight is 416 g/mol. The molecule has 0 spiro atoms. The van der Waals surface area contributed by atoms with Crippen LogP contribution in [0, 0.1) is 5.82 Å². The predicted molar refractivity (Wildman–Crippen MR) is 120 cm³/mol. The molecule has 1 aliphatic carbocycles. The SMILES string of the molecule is C=N/C(NC1(C)CC1)=C(\CC)C(C(=O)N(C)C(C)c1ccc(OC)c(F)c1)=C(C)C. The molecule has 5 nitrogen and oxygen atoms in total. The summed E-state index contributed by atoms with van der Waals surface area (Å²) in [6, 6.07) is 4.46. The van der Waals surface area contributed by atoms with Crippen molar-refractivity contribution in [1.29, 1.82) is 0 Å². The van der Waals surface area contributed by atoms with Crippen LogP contribution in [-0.4, -0.2) is 37.2 Å². The number of benzene rings is 1. The fraction of sp³-hybridized carbons (Fsp3) is 0.500. The van der Waals surface area contributed by atoms with Gasteiger partial charge in [-0.3, -0.25) is 4.79 Å². The van der Waals surface area contributed by atoms with Crippen LogP contribution >= 0.6 is 0 Å². The van der Waals surface area contributed by atoms with Crippen molar-refractivity contribution in [2.24, 2.45) is 4.99 Å². The summed E-state index contributed by atoms with van der Waals surface area (Å²) in [5.41, 5.74) is 3.10. The molecule has 0 aromatic heterocycles. The highest BCUT2D eigenvalue weighted by atomic mass is 19.1. The Hall–Kier alpha value is -2.63. The van der Waals surface area contributed by atoms with Crippen molar-refractivity contribution < 1.29 is 13.9 Å². The third kappa shape index (κ3) is 5.10. The highest BCUT2D eigenvalue weighted by molar-refractivity contribution is 5.98. The first-order valence-electron chi connectivity index (χ1n) is 10.3. The van der Waals surface area contributed by atoms with Crippen LogP contribution in [0.25, 0.3) is 0 Å². The third-order valence-corrected chi connectivity index (χ3v) is 5.79. The lowest BCUT2D eigenvalue weighted by atomic mass is 9.96. The van der Waals surface area contributed by atoms with Crippen LogP contribution in [0.3, 0.4) is 0 Å². The second-order valence-corrected chi connectivity index (χ2v) is 8.39. The van der Waals surface area contributed by atoms with Crippen molar-refractivity contribution in [2.75, 3.05) is 14.2 Å². The zero-order valence-electron chi connectivity index (χ0n) is 19.2. The van der Waals surface area contributed by atoms with Crippen LogP contribution in [0.15, 0.2) is 45.7 Å². The molecule has 1 saturated carbocycles. The van der Waals surface area contributed by atoms with Gasteiger partial charge in [0.15, 0.2) is 11.6 Å². The smallest absolute Gasteiger partial charge is 0.254 e. The van der Waals surface area contributed by atoms with Gasteiger partial charge in [-0.15, -0.1) is 0 Å². The molecule has 164 valence electrons. The second-order valence-electron chi connectivity index (χ2n) is 8.39. The first kappa shape index (κ1) is 23.6. The van der Waals surface area contributed by atoms with Crippen LogP contribution in [-0.2, 0) is 4.79 Å². The maximum Gasteiger partial charge on any atom is 0.254 e. The van der Waals surface area contributed by atoms with Crippen molar-refractivity contribution in [2.45, 2.75) is 65.5 Å². The van der Waals surface area contributed by atoms with E-state index in [0.29, 0.717) is 23.4 Å². The van der Waals surface area contributed by atoms with Crippen LogP contribution in [0.1, 0.15) is 65.5 Å². The molecule has 30 heavy (non-hydrogen) atoms. The molecule has 0 aliphatic heterocycles. The minimum absolute atomic E-state index is 0.0204. The summed E-state index contributed by atoms with van der Waals surface area (Å²) in [5, 5.41) is 3.46. The number of hydrogen-bond acceptors (Lipinski definition) is 4. The molecule has 1 aromatic rings. The number of nitrogens with one attached hydrogen (secondary N) is 1. The van der Waals surface area contributed by atoms with E-state index in [4.69, 9.17) is 4.74 Å². The molecule has 1 N–H and O–H groups in total. The zero-order chi connectivity index (χ0) is 22.6. The van der Waals surface area contributed by atoms with Gasteiger partial charge in [0, 0.05) is 23.7 Å². The van der Waals surface area contributed by atoms with Crippen LogP contribution in [0.4, 0.5) is 4.39 Å². The molecule has 0 saturated heterocycles. The number of carbonyl (C=O) groups is 1. The summed E-state index contributed by atoms with van der Waals surface area (Å²) < 4.78 is 19.2. The fourth-order valence-electron chi connectivity index (χ4n) is 3.43. The molecule has 2 rings (SSSR count). The number of hydrogen-bond donors (Lipinski definition) is 1. The first-order chi connectivity index (χ1) is 14.1. The topological polar surface area (TPSA) is 53.9 Å². The maximum absolute atomic E-state index is 14.2. The van der Waals surface area contributed by atoms with Gasteiger partial charge >= 0.3 is 0 Å². The van der Waals surface area contributed by atoms with E-state index in [2.05, 4.69) is 24.0 Å². The summed E-state index contributed by atoms with van der Waals surface area (Å²) in [7, 11) is 3.17. The molecule has 1 atom stereocenters. The Balaban J connectivity index is 2.39. The molecule has 6 heteroatoms. The number of aliphatic imine (C=N–C) groups is 1. The highest BCUT2D eigenvalue weighted by Gasteiger charge is 2.38. The summed E-state index contributed by atoms with van der Waals surface area (Å²) in [6.45, 7) is 13.6. The number of amides is 1. The summed E-state index contributed by atoms with van der Waals surface area (Å²) in [6.07, 6.45) is 2.78. The van der Waals surface area contributed by atoms with Crippen molar-refractivity contribution in [3.8, 4) is 5.75 Å². The van der Waals surface area contributed by atoms with E-state index in [-0.39, 0.29) is 23.2 Å². The molecule has 1 aliphatic rings. The Morgan fingerprint density at radius 1 is 1.40 bits per heavy atom. The van der Waals surface area contributed by atoms with Crippen LogP contribution < -0.4 is 10.1 Å². The standard InChI is InChI=1S/C24H34FN3O2/c1-9-18(22(26-6)27-24(5)12-13-24)21(15(2)3)23(29)28(7)16(4)17-10-11-20(30-8)19(25)14-17/h10-11,14,16,27H,6,9,12-13H2,1-5,7-8H3/b22-18-. The maximum atomic E-state index is 14.2. The van der Waals surface area contributed by atoms with Crippen molar-refractivity contribution >= 4 is 12.6 Å². The Kier molecular flexibility index (Phi) is 7.45. The monoisotopic (exact) mass is 415 g/mol. The number of allylic oxidation sites excluding steroid dienone is 1. The normalized spacial score (nSPS) is 16.1. The molecule has 0 heterocycles. The number of rotatable bonds is 9. The summed E-state index contributed by atoms with van der Waals surface area (Å²) in [5.74, 6) is 0.278. The van der Waals surface area contributed by atoms with Crippen molar-refractivity contribution in [3.05, 3.63) is 52.1 Å². The molecule has 0 bridgehead atoms. The van der Waals surface area contributed by atoms with Crippen LogP contribution in [0.5, 0.6) is 5.75 Å². The van der Waals surface area contributed by atoms with Gasteiger partial charge in [-0.1, -0.05) is 18.6 Å². The zero-order valence-corrected chi connectivity index (χ0v) is 19.2. The molecule has 1 unspecified atom stereocenters. The van der Waals surface area contributed by atoms with Gasteiger partial charge in [0.05, 0.1) is 13.2 Å². The minimum Gasteiger partial charge on any atom is -0.494 e. The number of methoxy groups -OCH3 is 1. The summed E-state index contributed by atoms with van der Waals surface area (Å²) >= 11 is 0. The van der Waals surface area contributed by atoms with Gasteiger partial charge in [-0.05, 0) is 71.4 Å². The number of ether oxygens (including phenoxy) is 1. The van der Waals surface area contributed by atoms with Crippen LogP contribution in [0.2, 0.25) is 0 Å². The number of halogens is 1. The third-order valence-electron chi connectivity index (χ3n) is 5.79. The minimum atomic E-state index is -0.445. The van der Waals surface area contributed by atoms with Gasteiger partial charge in [-0.25, -0.2) is 9.38 Å². The quantitative estimate of drug-likeness (QED) is 0.345. The van der Waals surface area contributed by atoms with E-state index in [0.717, 1.165) is 24.0 Å². The Morgan fingerprint density at radius 3 is 2.47 bits per heavy atom. The van der Waals surface area contributed by atoms with Gasteiger partial charge in [-0.2, -0.15) is 0 Å². The van der Waals surface area contributed by atoms with E-state index in [1.165, 1.54) is 13.2 Å². The van der Waals surface area contributed by atoms with E-state index in [1.807, 2.05) is 27.7 Å². The van der Waals surface area contributed by atoms with E-state index < -0.39 is 5.82 Å². The van der Waals surface area contributed by atoms with E-state index in [9.17, 15) is 9.18 Å². The lowest BCUT2D eigenvalue weighted by Crippen LogP contribution is -2.33. The predicted octanol–water partition coefficient (Wildman–Crippen LogP) is 5.15. The molecule has 0 radical (unpaired) electrons. The summed E-state index contributed by atoms with van der Waals surface area (Å²) in [4.78, 5) is 19.4. The van der Waals surface area contributed by atoms with Crippen molar-refractivity contribution in [1.82, 2.24) is 10.2 Å². The highest BCUT2D eigenvalue weighted by Crippen LogP contribution is 2.37. The van der Waals surface area contributed by atoms with Gasteiger partial charge in [0.25, 0.3) is 5.91 Å². The Morgan fingerprint density at radius 2 is 2.03 bits per heavy atom. The van der Waals surface area contributed by atoms with Crippen molar-refractivity contribution in [3.63, 3.8) is 0 Å². The lowest BCUT2D eigenvalue weighted by molar-refractivity contribution is -0.127. The molecule has 1 fully saturated rings. The van der Waals surface area contributed by atoms with Gasteiger partial charge in [0.2, 0.25) is 0 Å². The number of carbonyl (C=O) groups excluding carboxylic acids is 1. The molecule has 1 aromatic carbocycles. The Labute approximate surface area is 179 Å². The number of likely N-dealkylation sites (N-methyl/N-ethyl adjacent to an activating group) is 1. The average Bonchev–Trinajstić information content (AvgIpc) is 3.45. The van der Waals surface area contributed by atoms with Gasteiger partial charge < -0.3 is 15.0 Å². The van der Waals surface area contributed by atoms with E-state index in [1.54, 1.807) is 24.1 Å². The molecular formula is C24H34FN3O2. The Bertz CT molecular complexity index is 880. The second kappa shape index (κ2) is 9.45. The first-order valence-corrected chi connectivity index (χ1v) is 10.3. The fourth-order valence-corrected chi connectivity index (χ4v) is 3.43. The molecule has 1 amide bonds. The molecular weight excluding hydrogens is 381 g/mol. The van der Waals surface area contributed by atoms with Gasteiger partial charge in [0.1, 0.15) is 5.82 Å².